The van der Waals surface area contributed by atoms with Gasteiger partial charge in [-0.2, -0.15) is 0 Å². The van der Waals surface area contributed by atoms with E-state index in [-0.39, 0.29) is 11.8 Å². The summed E-state index contributed by atoms with van der Waals surface area (Å²) in [5, 5.41) is 5.24. The zero-order chi connectivity index (χ0) is 23.0. The van der Waals surface area contributed by atoms with E-state index in [9.17, 15) is 14.0 Å². The molecule has 1 aromatic heterocycles. The third kappa shape index (κ3) is 6.05. The number of carbonyl (C=O) groups excluding carboxylic acids is 2. The van der Waals surface area contributed by atoms with Crippen LogP contribution in [0, 0.1) is 5.82 Å². The first-order chi connectivity index (χ1) is 16.1. The van der Waals surface area contributed by atoms with Crippen LogP contribution in [0.1, 0.15) is 21.2 Å². The molecule has 0 aliphatic heterocycles. The number of thioether (sulfide) groups is 1. The third-order valence-corrected chi connectivity index (χ3v) is 5.99. The Morgan fingerprint density at radius 1 is 0.788 bits per heavy atom. The van der Waals surface area contributed by atoms with Gasteiger partial charge in [-0.25, -0.2) is 4.39 Å². The molecule has 0 saturated heterocycles. The quantitative estimate of drug-likeness (QED) is 0.337. The zero-order valence-corrected chi connectivity index (χ0v) is 18.3. The average Bonchev–Trinajstić information content (AvgIpc) is 2.84. The first kappa shape index (κ1) is 22.2. The highest BCUT2D eigenvalue weighted by Gasteiger charge is 2.22. The van der Waals surface area contributed by atoms with E-state index in [0.29, 0.717) is 16.9 Å². The Balaban J connectivity index is 1.53. The molecule has 0 aliphatic carbocycles. The van der Waals surface area contributed by atoms with Gasteiger partial charge in [-0.15, -0.1) is 11.8 Å². The van der Waals surface area contributed by atoms with Crippen molar-refractivity contribution in [2.24, 2.45) is 0 Å². The lowest BCUT2D eigenvalue weighted by molar-refractivity contribution is -0.115. The molecule has 0 spiro atoms. The van der Waals surface area contributed by atoms with Crippen molar-refractivity contribution in [1.29, 1.82) is 0 Å². The van der Waals surface area contributed by atoms with Gasteiger partial charge in [0.15, 0.2) is 0 Å². The minimum absolute atomic E-state index is 0.168. The molecule has 3 aromatic carbocycles. The molecule has 2 N–H and O–H groups in total. The Morgan fingerprint density at radius 3 is 2.24 bits per heavy atom. The number of rotatable bonds is 7. The smallest absolute Gasteiger partial charge is 0.255 e. The number of nitrogens with zero attached hydrogens (tertiary/aromatic N) is 1. The van der Waals surface area contributed by atoms with E-state index in [4.69, 9.17) is 0 Å². The molecule has 0 aliphatic rings. The van der Waals surface area contributed by atoms with Gasteiger partial charge in [0, 0.05) is 34.2 Å². The van der Waals surface area contributed by atoms with E-state index in [1.807, 2.05) is 48.5 Å². The van der Waals surface area contributed by atoms with Crippen LogP contribution >= 0.6 is 11.8 Å². The molecule has 7 heteroatoms. The Labute approximate surface area is 195 Å². The molecular weight excluding hydrogens is 437 g/mol. The second-order valence-corrected chi connectivity index (χ2v) is 8.30. The third-order valence-electron chi connectivity index (χ3n) is 4.74. The molecule has 4 aromatic rings. The van der Waals surface area contributed by atoms with Crippen molar-refractivity contribution in [3.8, 4) is 0 Å². The standard InChI is InChI=1S/C26H20FN3O2S/c27-20-11-9-19(10-12-20)25(31)30-22-7-4-8-23(17-22)33-24(18-5-2-1-3-6-18)26(32)29-21-13-15-28-16-14-21/h1-17,24H,(H,30,31)(H,28,29,32). The summed E-state index contributed by atoms with van der Waals surface area (Å²) in [5.41, 5.74) is 2.45. The van der Waals surface area contributed by atoms with E-state index in [2.05, 4.69) is 15.6 Å². The molecule has 5 nitrogen and oxygen atoms in total. The summed E-state index contributed by atoms with van der Waals surface area (Å²) < 4.78 is 13.1. The van der Waals surface area contributed by atoms with Gasteiger partial charge in [0.05, 0.1) is 0 Å². The second-order valence-electron chi connectivity index (χ2n) is 7.12. The molecule has 0 saturated carbocycles. The fourth-order valence-electron chi connectivity index (χ4n) is 3.13. The summed E-state index contributed by atoms with van der Waals surface area (Å²) >= 11 is 1.38. The van der Waals surface area contributed by atoms with Crippen molar-refractivity contribution in [1.82, 2.24) is 4.98 Å². The predicted octanol–water partition coefficient (Wildman–Crippen LogP) is 5.95. The van der Waals surface area contributed by atoms with Gasteiger partial charge in [0.2, 0.25) is 5.91 Å². The first-order valence-electron chi connectivity index (χ1n) is 10.2. The maximum atomic E-state index is 13.1. The van der Waals surface area contributed by atoms with Gasteiger partial charge >= 0.3 is 0 Å². The van der Waals surface area contributed by atoms with Crippen LogP contribution < -0.4 is 10.6 Å². The number of amides is 2. The van der Waals surface area contributed by atoms with Crippen LogP contribution in [0.3, 0.4) is 0 Å². The summed E-state index contributed by atoms with van der Waals surface area (Å²) in [6, 6.07) is 25.6. The lowest BCUT2D eigenvalue weighted by atomic mass is 10.1. The molecule has 33 heavy (non-hydrogen) atoms. The monoisotopic (exact) mass is 457 g/mol. The Hall–Kier alpha value is -3.97. The highest BCUT2D eigenvalue weighted by Crippen LogP contribution is 2.37. The van der Waals surface area contributed by atoms with Gasteiger partial charge in [0.25, 0.3) is 5.91 Å². The molecule has 1 atom stereocenters. The van der Waals surface area contributed by atoms with Crippen LogP contribution in [0.5, 0.6) is 0 Å². The summed E-state index contributed by atoms with van der Waals surface area (Å²) in [4.78, 5) is 30.4. The van der Waals surface area contributed by atoms with Crippen LogP contribution in [0.2, 0.25) is 0 Å². The lowest BCUT2D eigenvalue weighted by Crippen LogP contribution is -2.19. The van der Waals surface area contributed by atoms with Gasteiger partial charge in [-0.1, -0.05) is 36.4 Å². The lowest BCUT2D eigenvalue weighted by Gasteiger charge is -2.17. The average molecular weight is 458 g/mol. The second kappa shape index (κ2) is 10.6. The SMILES string of the molecule is O=C(Nc1cccc(SC(C(=O)Nc2ccncc2)c2ccccc2)c1)c1ccc(F)cc1. The molecule has 4 rings (SSSR count). The van der Waals surface area contributed by atoms with Crippen LogP contribution in [-0.4, -0.2) is 16.8 Å². The molecule has 0 bridgehead atoms. The van der Waals surface area contributed by atoms with Gasteiger partial charge in [-0.05, 0) is 60.2 Å². The molecule has 0 radical (unpaired) electrons. The fraction of sp³-hybridized carbons (Fsp3) is 0.0385. The highest BCUT2D eigenvalue weighted by molar-refractivity contribution is 8.00. The summed E-state index contributed by atoms with van der Waals surface area (Å²) in [6.45, 7) is 0. The van der Waals surface area contributed by atoms with Crippen molar-refractivity contribution in [2.45, 2.75) is 10.1 Å². The van der Waals surface area contributed by atoms with E-state index in [0.717, 1.165) is 10.5 Å². The topological polar surface area (TPSA) is 71.1 Å². The maximum absolute atomic E-state index is 13.1. The first-order valence-corrected chi connectivity index (χ1v) is 11.1. The van der Waals surface area contributed by atoms with Gasteiger partial charge in [0.1, 0.15) is 11.1 Å². The number of hydrogen-bond donors (Lipinski definition) is 2. The van der Waals surface area contributed by atoms with Crippen molar-refractivity contribution in [3.05, 3.63) is 120 Å². The van der Waals surface area contributed by atoms with Crippen LogP contribution in [0.25, 0.3) is 0 Å². The van der Waals surface area contributed by atoms with E-state index in [1.165, 1.54) is 36.0 Å². The maximum Gasteiger partial charge on any atom is 0.255 e. The largest absolute Gasteiger partial charge is 0.325 e. The van der Waals surface area contributed by atoms with Gasteiger partial charge in [-0.3, -0.25) is 14.6 Å². The number of carbonyl (C=O) groups is 2. The summed E-state index contributed by atoms with van der Waals surface area (Å²) in [7, 11) is 0. The number of anilines is 2. The van der Waals surface area contributed by atoms with Crippen molar-refractivity contribution in [2.75, 3.05) is 10.6 Å². The molecule has 0 fully saturated rings. The zero-order valence-electron chi connectivity index (χ0n) is 17.4. The van der Waals surface area contributed by atoms with E-state index >= 15 is 0 Å². The number of pyridine rings is 1. The number of nitrogens with one attached hydrogen (secondary N) is 2. The molecule has 2 amide bonds. The van der Waals surface area contributed by atoms with E-state index in [1.54, 1.807) is 30.6 Å². The number of benzene rings is 3. The minimum Gasteiger partial charge on any atom is -0.325 e. The van der Waals surface area contributed by atoms with E-state index < -0.39 is 11.1 Å². The minimum atomic E-state index is -0.512. The predicted molar refractivity (Wildman–Crippen MR) is 129 cm³/mol. The normalized spacial score (nSPS) is 11.4. The number of aromatic nitrogens is 1. The van der Waals surface area contributed by atoms with Crippen molar-refractivity contribution in [3.63, 3.8) is 0 Å². The molecule has 1 unspecified atom stereocenters. The molecular formula is C26H20FN3O2S. The number of hydrogen-bond acceptors (Lipinski definition) is 4. The molecule has 1 heterocycles. The number of halogens is 1. The van der Waals surface area contributed by atoms with Crippen LogP contribution in [0.15, 0.2) is 108 Å². The summed E-state index contributed by atoms with van der Waals surface area (Å²) in [5.74, 6) is -0.910. The highest BCUT2D eigenvalue weighted by atomic mass is 32.2. The molecule has 164 valence electrons. The Kier molecular flexibility index (Phi) is 7.12. The van der Waals surface area contributed by atoms with Crippen LogP contribution in [-0.2, 0) is 4.79 Å². The van der Waals surface area contributed by atoms with Gasteiger partial charge < -0.3 is 10.6 Å². The van der Waals surface area contributed by atoms with Crippen LogP contribution in [0.4, 0.5) is 15.8 Å². The summed E-state index contributed by atoms with van der Waals surface area (Å²) in [6.07, 6.45) is 3.24. The van der Waals surface area contributed by atoms with Crippen molar-refractivity contribution < 1.29 is 14.0 Å². The Bertz CT molecular complexity index is 1240. The fourth-order valence-corrected chi connectivity index (χ4v) is 4.22. The Morgan fingerprint density at radius 2 is 1.52 bits per heavy atom. The van der Waals surface area contributed by atoms with Crippen molar-refractivity contribution >= 4 is 35.0 Å².